The van der Waals surface area contributed by atoms with Crippen molar-refractivity contribution < 1.29 is 5.11 Å². The summed E-state index contributed by atoms with van der Waals surface area (Å²) in [7, 11) is 2.02. The molecule has 2 N–H and O–H groups in total. The second-order valence-electron chi connectivity index (χ2n) is 10.3. The summed E-state index contributed by atoms with van der Waals surface area (Å²) in [5, 5.41) is 34.7. The Kier molecular flexibility index (Phi) is 7.73. The molecule has 1 saturated heterocycles. The minimum absolute atomic E-state index is 0. The number of pyridine rings is 1. The minimum atomic E-state index is 0. The Morgan fingerprint density at radius 3 is 2.31 bits per heavy atom. The average molecular weight is 532 g/mol. The molecular formula is C24H31Cl2N9O. The number of rotatable bonds is 4. The second kappa shape index (κ2) is 10.1. The summed E-state index contributed by atoms with van der Waals surface area (Å²) in [6.45, 7) is 8.91. The van der Waals surface area contributed by atoms with E-state index >= 15 is 0 Å². The number of nitrogens with zero attached hydrogens (tertiary/aromatic N) is 8. The van der Waals surface area contributed by atoms with Crippen molar-refractivity contribution in [3.8, 4) is 28.1 Å². The quantitative estimate of drug-likeness (QED) is 0.403. The molecule has 12 heteroatoms. The molecule has 0 atom stereocenters. The zero-order valence-electron chi connectivity index (χ0n) is 20.9. The number of hydrogen-bond donors (Lipinski definition) is 2. The van der Waals surface area contributed by atoms with Gasteiger partial charge in [-0.1, -0.05) is 6.07 Å². The van der Waals surface area contributed by atoms with Crippen LogP contribution in [0.4, 0.5) is 5.95 Å². The molecule has 0 aliphatic carbocycles. The van der Waals surface area contributed by atoms with Crippen molar-refractivity contribution >= 4 is 36.4 Å². The Morgan fingerprint density at radius 1 is 0.972 bits per heavy atom. The standard InChI is InChI=1S/C24H29N9O.2ClH/c1-23(2)12-17(13-24(3,4)29-23)32(5)22-25-14-19(26-28-22)18-7-6-15(10-20(18)34)16-8-9-33-21(11-16)27-30-31-33;;/h6-11,14,17,29,34H,12-13H2,1-5H3;2*1H. The zero-order chi connectivity index (χ0) is 24.1. The summed E-state index contributed by atoms with van der Waals surface area (Å²) >= 11 is 0. The van der Waals surface area contributed by atoms with E-state index in [2.05, 4.69) is 68.6 Å². The van der Waals surface area contributed by atoms with Crippen molar-refractivity contribution in [1.29, 1.82) is 0 Å². The highest BCUT2D eigenvalue weighted by Gasteiger charge is 2.39. The van der Waals surface area contributed by atoms with E-state index in [0.29, 0.717) is 28.9 Å². The highest BCUT2D eigenvalue weighted by Crippen LogP contribution is 2.34. The Balaban J connectivity index is 0.00000180. The summed E-state index contributed by atoms with van der Waals surface area (Å²) in [5.41, 5.74) is 3.53. The molecule has 1 fully saturated rings. The van der Waals surface area contributed by atoms with Crippen molar-refractivity contribution in [2.75, 3.05) is 11.9 Å². The number of anilines is 1. The third-order valence-electron chi connectivity index (χ3n) is 6.39. The lowest BCUT2D eigenvalue weighted by Crippen LogP contribution is -2.62. The Labute approximate surface area is 222 Å². The van der Waals surface area contributed by atoms with Gasteiger partial charge in [0, 0.05) is 35.9 Å². The van der Waals surface area contributed by atoms with Crippen LogP contribution in [0.3, 0.4) is 0 Å². The van der Waals surface area contributed by atoms with Crippen LogP contribution in [0.5, 0.6) is 5.75 Å². The minimum Gasteiger partial charge on any atom is -0.507 e. The molecule has 1 aromatic carbocycles. The Morgan fingerprint density at radius 2 is 1.67 bits per heavy atom. The SMILES string of the molecule is CN(c1ncc(-c2ccc(-c3ccn4nnnc4c3)cc2O)nn1)C1CC(C)(C)NC(C)(C)C1.Cl.Cl. The van der Waals surface area contributed by atoms with Crippen LogP contribution in [-0.2, 0) is 0 Å². The first-order valence-corrected chi connectivity index (χ1v) is 11.3. The van der Waals surface area contributed by atoms with E-state index in [1.165, 1.54) is 0 Å². The number of phenols is 1. The van der Waals surface area contributed by atoms with Crippen molar-refractivity contribution in [2.45, 2.75) is 57.7 Å². The van der Waals surface area contributed by atoms with Gasteiger partial charge in [0.05, 0.1) is 6.20 Å². The monoisotopic (exact) mass is 531 g/mol. The van der Waals surface area contributed by atoms with E-state index in [0.717, 1.165) is 24.0 Å². The zero-order valence-corrected chi connectivity index (χ0v) is 22.5. The average Bonchev–Trinajstić information content (AvgIpc) is 3.24. The molecule has 4 heterocycles. The summed E-state index contributed by atoms with van der Waals surface area (Å²) in [4.78, 5) is 6.68. The van der Waals surface area contributed by atoms with E-state index in [9.17, 15) is 5.11 Å². The lowest BCUT2D eigenvalue weighted by molar-refractivity contribution is 0.160. The van der Waals surface area contributed by atoms with Gasteiger partial charge < -0.3 is 15.3 Å². The molecule has 36 heavy (non-hydrogen) atoms. The highest BCUT2D eigenvalue weighted by molar-refractivity contribution is 5.85. The van der Waals surface area contributed by atoms with Gasteiger partial charge in [-0.15, -0.1) is 40.1 Å². The van der Waals surface area contributed by atoms with E-state index in [1.54, 1.807) is 23.0 Å². The van der Waals surface area contributed by atoms with E-state index < -0.39 is 0 Å². The third kappa shape index (κ3) is 5.50. The van der Waals surface area contributed by atoms with Crippen LogP contribution >= 0.6 is 24.8 Å². The summed E-state index contributed by atoms with van der Waals surface area (Å²) in [6, 6.07) is 9.50. The van der Waals surface area contributed by atoms with Gasteiger partial charge in [-0.25, -0.2) is 9.50 Å². The van der Waals surface area contributed by atoms with Crippen LogP contribution in [0.15, 0.2) is 42.7 Å². The molecule has 0 saturated carbocycles. The molecule has 5 rings (SSSR count). The number of piperidine rings is 1. The molecule has 3 aromatic heterocycles. The van der Waals surface area contributed by atoms with Crippen LogP contribution in [0.25, 0.3) is 28.0 Å². The first-order chi connectivity index (χ1) is 16.1. The van der Waals surface area contributed by atoms with Crippen LogP contribution in [-0.4, -0.2) is 64.5 Å². The predicted octanol–water partition coefficient (Wildman–Crippen LogP) is 3.94. The number of fused-ring (bicyclic) bond motifs is 1. The third-order valence-corrected chi connectivity index (χ3v) is 6.39. The van der Waals surface area contributed by atoms with Gasteiger partial charge in [0.15, 0.2) is 5.65 Å². The molecule has 1 aliphatic rings. The van der Waals surface area contributed by atoms with E-state index in [1.807, 2.05) is 31.3 Å². The number of halogens is 2. The van der Waals surface area contributed by atoms with Gasteiger partial charge in [0.2, 0.25) is 5.95 Å². The fourth-order valence-corrected chi connectivity index (χ4v) is 5.11. The van der Waals surface area contributed by atoms with Crippen molar-refractivity contribution in [3.63, 3.8) is 0 Å². The maximum Gasteiger partial charge on any atom is 0.245 e. The van der Waals surface area contributed by atoms with Gasteiger partial charge in [0.1, 0.15) is 11.4 Å². The number of aromatic nitrogens is 7. The predicted molar refractivity (Wildman–Crippen MR) is 144 cm³/mol. The summed E-state index contributed by atoms with van der Waals surface area (Å²) in [5.74, 6) is 0.685. The largest absolute Gasteiger partial charge is 0.507 e. The molecule has 0 amide bonds. The Hall–Kier alpha value is -3.08. The van der Waals surface area contributed by atoms with Gasteiger partial charge in [-0.05, 0) is 86.4 Å². The van der Waals surface area contributed by atoms with Gasteiger partial charge >= 0.3 is 0 Å². The van der Waals surface area contributed by atoms with Crippen LogP contribution < -0.4 is 10.2 Å². The Bertz CT molecular complexity index is 1330. The van der Waals surface area contributed by atoms with Gasteiger partial charge in [-0.2, -0.15) is 0 Å². The second-order valence-corrected chi connectivity index (χ2v) is 10.3. The van der Waals surface area contributed by atoms with Crippen molar-refractivity contribution in [3.05, 3.63) is 42.7 Å². The first kappa shape index (κ1) is 27.5. The fourth-order valence-electron chi connectivity index (χ4n) is 5.11. The molecular weight excluding hydrogens is 501 g/mol. The number of benzene rings is 1. The topological polar surface area (TPSA) is 117 Å². The van der Waals surface area contributed by atoms with E-state index in [-0.39, 0.29) is 41.6 Å². The molecule has 0 radical (unpaired) electrons. The number of hydrogen-bond acceptors (Lipinski definition) is 9. The lowest BCUT2D eigenvalue weighted by Gasteiger charge is -2.48. The van der Waals surface area contributed by atoms with E-state index in [4.69, 9.17) is 0 Å². The van der Waals surface area contributed by atoms with Gasteiger partial charge in [0.25, 0.3) is 0 Å². The molecule has 0 spiro atoms. The molecule has 1 aliphatic heterocycles. The smallest absolute Gasteiger partial charge is 0.245 e. The number of nitrogens with one attached hydrogen (secondary N) is 1. The molecule has 0 bridgehead atoms. The summed E-state index contributed by atoms with van der Waals surface area (Å²) < 4.78 is 1.59. The highest BCUT2D eigenvalue weighted by atomic mass is 35.5. The summed E-state index contributed by atoms with van der Waals surface area (Å²) in [6.07, 6.45) is 5.41. The van der Waals surface area contributed by atoms with Crippen LogP contribution in [0.1, 0.15) is 40.5 Å². The fraction of sp³-hybridized carbons (Fsp3) is 0.417. The first-order valence-electron chi connectivity index (χ1n) is 11.3. The number of phenolic OH excluding ortho intramolecular Hbond substituents is 1. The normalized spacial score (nSPS) is 16.7. The molecule has 192 valence electrons. The number of aromatic hydroxyl groups is 1. The molecule has 10 nitrogen and oxygen atoms in total. The molecule has 4 aromatic rings. The number of tetrazole rings is 1. The van der Waals surface area contributed by atoms with Crippen molar-refractivity contribution in [1.82, 2.24) is 40.5 Å². The molecule has 0 unspecified atom stereocenters. The maximum atomic E-state index is 10.7. The lowest BCUT2D eigenvalue weighted by atomic mass is 9.79. The van der Waals surface area contributed by atoms with Gasteiger partial charge in [-0.3, -0.25) is 0 Å². The van der Waals surface area contributed by atoms with Crippen LogP contribution in [0.2, 0.25) is 0 Å². The van der Waals surface area contributed by atoms with Crippen molar-refractivity contribution in [2.24, 2.45) is 0 Å². The maximum absolute atomic E-state index is 10.7. The van der Waals surface area contributed by atoms with Crippen LogP contribution in [0, 0.1) is 0 Å².